The molecule has 2 heterocycles. The second kappa shape index (κ2) is 9.00. The molecule has 2 N–H and O–H groups in total. The molecule has 10 nitrogen and oxygen atoms in total. The summed E-state index contributed by atoms with van der Waals surface area (Å²) in [4.78, 5) is 32.6. The van der Waals surface area contributed by atoms with Gasteiger partial charge in [-0.1, -0.05) is 36.4 Å². The third-order valence-corrected chi connectivity index (χ3v) is 4.17. The van der Waals surface area contributed by atoms with Gasteiger partial charge in [0.15, 0.2) is 0 Å². The highest BCUT2D eigenvalue weighted by atomic mass is 16.6. The molecule has 4 bridgehead atoms. The highest BCUT2D eigenvalue weighted by molar-refractivity contribution is 5.90. The normalized spacial score (nSPS) is 15.0. The van der Waals surface area contributed by atoms with Crippen LogP contribution in [0.2, 0.25) is 0 Å². The quantitative estimate of drug-likeness (QED) is 0.463. The van der Waals surface area contributed by atoms with Crippen LogP contribution in [0.3, 0.4) is 0 Å². The zero-order valence-electron chi connectivity index (χ0n) is 15.9. The Labute approximate surface area is 167 Å². The summed E-state index contributed by atoms with van der Waals surface area (Å²) in [7, 11) is 0. The Bertz CT molecular complexity index is 947. The predicted octanol–water partition coefficient (Wildman–Crippen LogP) is 3.01. The van der Waals surface area contributed by atoms with Crippen molar-refractivity contribution in [1.82, 2.24) is 9.97 Å². The number of fused-ring (bicyclic) bond motifs is 4. The lowest BCUT2D eigenvalue weighted by Gasteiger charge is -2.22. The van der Waals surface area contributed by atoms with Crippen LogP contribution in [0.4, 0.5) is 22.1 Å². The van der Waals surface area contributed by atoms with Crippen molar-refractivity contribution in [3.05, 3.63) is 57.7 Å². The monoisotopic (exact) mass is 399 g/mol. The van der Waals surface area contributed by atoms with Crippen molar-refractivity contribution in [3.8, 4) is 6.01 Å². The maximum Gasteiger partial charge on any atom is 0.415 e. The number of amides is 1. The van der Waals surface area contributed by atoms with E-state index in [2.05, 4.69) is 9.97 Å². The van der Waals surface area contributed by atoms with E-state index in [0.717, 1.165) is 16.0 Å². The van der Waals surface area contributed by atoms with Gasteiger partial charge in [0.25, 0.3) is 0 Å². The predicted molar refractivity (Wildman–Crippen MR) is 106 cm³/mol. The molecule has 2 aromatic rings. The molecule has 3 rings (SSSR count). The van der Waals surface area contributed by atoms with Gasteiger partial charge in [-0.05, 0) is 30.9 Å². The minimum atomic E-state index is -0.781. The molecular formula is C19H21N5O5. The lowest BCUT2D eigenvalue weighted by Crippen LogP contribution is -2.33. The van der Waals surface area contributed by atoms with Gasteiger partial charge >= 0.3 is 17.8 Å². The van der Waals surface area contributed by atoms with E-state index in [1.54, 1.807) is 6.92 Å². The summed E-state index contributed by atoms with van der Waals surface area (Å²) in [5.74, 6) is -0.658. The number of nitrogens with zero attached hydrogens (tertiary/aromatic N) is 4. The minimum absolute atomic E-state index is 0.00706. The molecule has 0 saturated carbocycles. The number of anilines is 2. The summed E-state index contributed by atoms with van der Waals surface area (Å²) in [6.07, 6.45) is 4.52. The fraction of sp³-hybridized carbons (Fsp3) is 0.316. The lowest BCUT2D eigenvalue weighted by molar-refractivity contribution is -0.383. The summed E-state index contributed by atoms with van der Waals surface area (Å²) in [6, 6.07) is 7.44. The standard InChI is InChI=1S/C19H21N5O5/c1-2-28-19(25)23-12-14-9-6-8-13(11-14)7-4-3-5-10-29-18-21-16(20)15(24(26)27)17(23)22-18/h3-4,6,8-9,11H,2,5,7,10,12H2,1H3,(H2,20,21,22)/b4-3+. The number of hydrogen-bond acceptors (Lipinski definition) is 8. The third kappa shape index (κ3) is 4.78. The number of benzene rings is 1. The minimum Gasteiger partial charge on any atom is -0.463 e. The number of rotatable bonds is 2. The highest BCUT2D eigenvalue weighted by Crippen LogP contribution is 2.34. The summed E-state index contributed by atoms with van der Waals surface area (Å²) >= 11 is 0. The van der Waals surface area contributed by atoms with Crippen molar-refractivity contribution in [3.63, 3.8) is 0 Å². The van der Waals surface area contributed by atoms with Gasteiger partial charge in [0, 0.05) is 0 Å². The van der Waals surface area contributed by atoms with Crippen molar-refractivity contribution in [2.45, 2.75) is 26.3 Å². The average molecular weight is 399 g/mol. The molecule has 0 spiro atoms. The Morgan fingerprint density at radius 1 is 1.34 bits per heavy atom. The molecule has 0 unspecified atom stereocenters. The third-order valence-electron chi connectivity index (χ3n) is 4.17. The van der Waals surface area contributed by atoms with Crippen LogP contribution in [-0.4, -0.2) is 34.2 Å². The van der Waals surface area contributed by atoms with E-state index in [-0.39, 0.29) is 37.4 Å². The zero-order chi connectivity index (χ0) is 20.8. The summed E-state index contributed by atoms with van der Waals surface area (Å²) in [5.41, 5.74) is 7.03. The van der Waals surface area contributed by atoms with E-state index < -0.39 is 16.7 Å². The molecule has 1 aromatic heterocycles. The van der Waals surface area contributed by atoms with Crippen LogP contribution in [0.5, 0.6) is 6.01 Å². The van der Waals surface area contributed by atoms with E-state index in [1.807, 2.05) is 36.4 Å². The summed E-state index contributed by atoms with van der Waals surface area (Å²) < 4.78 is 10.6. The Morgan fingerprint density at radius 3 is 2.90 bits per heavy atom. The van der Waals surface area contributed by atoms with Crippen LogP contribution in [0.1, 0.15) is 24.5 Å². The molecule has 29 heavy (non-hydrogen) atoms. The number of carbonyl (C=O) groups excluding carboxylic acids is 1. The van der Waals surface area contributed by atoms with Crippen LogP contribution in [0, 0.1) is 10.1 Å². The SMILES string of the molecule is CCOC(=O)N1Cc2cccc(c2)C/C=C/CCOc2nc(N)c([N+](=O)[O-])c1n2. The van der Waals surface area contributed by atoms with Gasteiger partial charge in [-0.25, -0.2) is 4.79 Å². The van der Waals surface area contributed by atoms with Gasteiger partial charge in [-0.15, -0.1) is 0 Å². The fourth-order valence-corrected chi connectivity index (χ4v) is 2.89. The first-order valence-corrected chi connectivity index (χ1v) is 9.11. The second-order valence-electron chi connectivity index (χ2n) is 6.24. The van der Waals surface area contributed by atoms with Crippen LogP contribution in [-0.2, 0) is 17.7 Å². The number of carbonyl (C=O) groups is 1. The molecule has 1 amide bonds. The van der Waals surface area contributed by atoms with E-state index >= 15 is 0 Å². The Hall–Kier alpha value is -3.69. The molecule has 0 radical (unpaired) electrons. The molecule has 10 heteroatoms. The van der Waals surface area contributed by atoms with Crippen molar-refractivity contribution < 1.29 is 19.2 Å². The molecule has 1 aromatic carbocycles. The average Bonchev–Trinajstić information content (AvgIpc) is 2.68. The van der Waals surface area contributed by atoms with Crippen LogP contribution in [0.25, 0.3) is 0 Å². The van der Waals surface area contributed by atoms with E-state index in [9.17, 15) is 14.9 Å². The number of nitrogens with two attached hydrogens (primary N) is 1. The molecule has 1 aliphatic rings. The van der Waals surface area contributed by atoms with Crippen molar-refractivity contribution in [2.75, 3.05) is 23.8 Å². The highest BCUT2D eigenvalue weighted by Gasteiger charge is 2.32. The van der Waals surface area contributed by atoms with E-state index in [0.29, 0.717) is 12.8 Å². The number of nitrogen functional groups attached to an aromatic ring is 1. The maximum atomic E-state index is 12.7. The zero-order valence-corrected chi connectivity index (χ0v) is 15.9. The Kier molecular flexibility index (Phi) is 6.22. The lowest BCUT2D eigenvalue weighted by atomic mass is 10.1. The molecule has 0 saturated heterocycles. The number of aromatic nitrogens is 2. The molecule has 0 fully saturated rings. The topological polar surface area (TPSA) is 134 Å². The number of ether oxygens (including phenoxy) is 2. The van der Waals surface area contributed by atoms with E-state index in [4.69, 9.17) is 15.2 Å². The maximum absolute atomic E-state index is 12.7. The van der Waals surface area contributed by atoms with Gasteiger partial charge in [-0.3, -0.25) is 15.0 Å². The van der Waals surface area contributed by atoms with Crippen LogP contribution >= 0.6 is 0 Å². The van der Waals surface area contributed by atoms with Gasteiger partial charge in [0.1, 0.15) is 0 Å². The Morgan fingerprint density at radius 2 is 2.14 bits per heavy atom. The van der Waals surface area contributed by atoms with Crippen LogP contribution < -0.4 is 15.4 Å². The summed E-state index contributed by atoms with van der Waals surface area (Å²) in [6.45, 7) is 2.00. The molecule has 152 valence electrons. The van der Waals surface area contributed by atoms with Crippen molar-refractivity contribution in [1.29, 1.82) is 0 Å². The summed E-state index contributed by atoms with van der Waals surface area (Å²) in [5, 5.41) is 11.6. The van der Waals surface area contributed by atoms with Crippen molar-refractivity contribution in [2.24, 2.45) is 0 Å². The van der Waals surface area contributed by atoms with Gasteiger partial charge in [0.2, 0.25) is 11.6 Å². The number of hydrogen-bond donors (Lipinski definition) is 1. The molecule has 1 aliphatic heterocycles. The second-order valence-corrected chi connectivity index (χ2v) is 6.24. The first-order valence-electron chi connectivity index (χ1n) is 9.11. The molecule has 0 aliphatic carbocycles. The first-order chi connectivity index (χ1) is 14.0. The fourth-order valence-electron chi connectivity index (χ4n) is 2.89. The van der Waals surface area contributed by atoms with Crippen molar-refractivity contribution >= 4 is 23.4 Å². The van der Waals surface area contributed by atoms with Crippen LogP contribution in [0.15, 0.2) is 36.4 Å². The van der Waals surface area contributed by atoms with Gasteiger partial charge in [-0.2, -0.15) is 9.97 Å². The number of allylic oxidation sites excluding steroid dienone is 1. The molecular weight excluding hydrogens is 378 g/mol. The largest absolute Gasteiger partial charge is 0.463 e. The first kappa shape index (κ1) is 20.1. The smallest absolute Gasteiger partial charge is 0.415 e. The molecule has 0 atom stereocenters. The number of nitro groups is 1. The Balaban J connectivity index is 2.16. The van der Waals surface area contributed by atoms with E-state index in [1.165, 1.54) is 0 Å². The van der Waals surface area contributed by atoms with Gasteiger partial charge < -0.3 is 15.2 Å². The van der Waals surface area contributed by atoms with Gasteiger partial charge in [0.05, 0.1) is 24.7 Å².